The van der Waals surface area contributed by atoms with Gasteiger partial charge in [-0.2, -0.15) is 13.2 Å². The zero-order valence-electron chi connectivity index (χ0n) is 7.62. The van der Waals surface area contributed by atoms with Crippen LogP contribution in [-0.4, -0.2) is 15.7 Å². The van der Waals surface area contributed by atoms with E-state index in [1.807, 2.05) is 0 Å². The van der Waals surface area contributed by atoms with Crippen molar-refractivity contribution in [2.24, 2.45) is 0 Å². The predicted molar refractivity (Wildman–Crippen MR) is 53.3 cm³/mol. The summed E-state index contributed by atoms with van der Waals surface area (Å²) >= 11 is 3.11. The van der Waals surface area contributed by atoms with Gasteiger partial charge in [-0.15, -0.1) is 0 Å². The largest absolute Gasteiger partial charge is 0.435 e. The van der Waals surface area contributed by atoms with Crippen LogP contribution in [0.25, 0.3) is 5.65 Å². The van der Waals surface area contributed by atoms with Crippen LogP contribution in [-0.2, 0) is 6.18 Å². The molecule has 0 aliphatic heterocycles. The van der Waals surface area contributed by atoms with Crippen LogP contribution in [0.5, 0.6) is 0 Å². The number of aromatic nitrogens is 2. The molecule has 2 aromatic heterocycles. The van der Waals surface area contributed by atoms with Crippen LogP contribution in [0.1, 0.15) is 16.2 Å². The highest BCUT2D eigenvalue weighted by Crippen LogP contribution is 2.31. The Labute approximate surface area is 96.0 Å². The number of hydrogen-bond acceptors (Lipinski definition) is 2. The fraction of sp³-hybridized carbons (Fsp3) is 0.111. The van der Waals surface area contributed by atoms with Crippen molar-refractivity contribution in [3.05, 3.63) is 34.2 Å². The van der Waals surface area contributed by atoms with Crippen molar-refractivity contribution in [1.82, 2.24) is 9.38 Å². The zero-order chi connectivity index (χ0) is 11.9. The third-order valence-corrected chi connectivity index (χ3v) is 2.47. The highest BCUT2D eigenvalue weighted by Gasteiger charge is 2.37. The Kier molecular flexibility index (Phi) is 2.49. The number of fused-ring (bicyclic) bond motifs is 1. The molecule has 0 unspecified atom stereocenters. The number of aldehydes is 1. The molecular formula is C9H4BrF3N2O. The van der Waals surface area contributed by atoms with Gasteiger partial charge in [0.15, 0.2) is 12.0 Å². The van der Waals surface area contributed by atoms with Gasteiger partial charge in [-0.1, -0.05) is 0 Å². The average molecular weight is 293 g/mol. The number of carbonyl (C=O) groups excluding carboxylic acids is 1. The van der Waals surface area contributed by atoms with Crippen molar-refractivity contribution in [3.8, 4) is 0 Å². The molecule has 0 saturated carbocycles. The van der Waals surface area contributed by atoms with Crippen molar-refractivity contribution >= 4 is 27.9 Å². The van der Waals surface area contributed by atoms with Gasteiger partial charge in [0.25, 0.3) is 0 Å². The number of hydrogen-bond donors (Lipinski definition) is 0. The Hall–Kier alpha value is -1.37. The molecule has 0 aromatic carbocycles. The van der Waals surface area contributed by atoms with E-state index in [0.29, 0.717) is 4.47 Å². The van der Waals surface area contributed by atoms with E-state index in [1.165, 1.54) is 12.3 Å². The van der Waals surface area contributed by atoms with Crippen LogP contribution in [0.15, 0.2) is 22.8 Å². The van der Waals surface area contributed by atoms with Gasteiger partial charge < -0.3 is 0 Å². The van der Waals surface area contributed by atoms with Gasteiger partial charge in [0, 0.05) is 10.7 Å². The average Bonchev–Trinajstić information content (AvgIpc) is 2.54. The molecule has 0 bridgehead atoms. The molecule has 3 nitrogen and oxygen atoms in total. The van der Waals surface area contributed by atoms with Gasteiger partial charge >= 0.3 is 6.18 Å². The fourth-order valence-electron chi connectivity index (χ4n) is 1.36. The molecule has 2 rings (SSSR count). The fourth-order valence-corrected chi connectivity index (χ4v) is 1.70. The van der Waals surface area contributed by atoms with Crippen molar-refractivity contribution in [3.63, 3.8) is 0 Å². The second-order valence-corrected chi connectivity index (χ2v) is 3.95. The van der Waals surface area contributed by atoms with E-state index in [-0.39, 0.29) is 11.9 Å². The highest BCUT2D eigenvalue weighted by molar-refractivity contribution is 9.10. The molecule has 0 spiro atoms. The molecular weight excluding hydrogens is 289 g/mol. The lowest BCUT2D eigenvalue weighted by atomic mass is 10.3. The van der Waals surface area contributed by atoms with E-state index in [1.54, 1.807) is 6.07 Å². The van der Waals surface area contributed by atoms with Gasteiger partial charge in [-0.3, -0.25) is 9.20 Å². The Bertz CT molecular complexity index is 562. The first-order valence-electron chi connectivity index (χ1n) is 4.13. The van der Waals surface area contributed by atoms with E-state index in [0.717, 1.165) is 4.40 Å². The number of carbonyl (C=O) groups is 1. The summed E-state index contributed by atoms with van der Waals surface area (Å²) in [6, 6.07) is 2.95. The number of pyridine rings is 1. The zero-order valence-corrected chi connectivity index (χ0v) is 9.21. The molecule has 0 amide bonds. The van der Waals surface area contributed by atoms with E-state index in [4.69, 9.17) is 0 Å². The maximum absolute atomic E-state index is 12.5. The minimum Gasteiger partial charge on any atom is -0.296 e. The Balaban J connectivity index is 2.82. The van der Waals surface area contributed by atoms with Crippen LogP contribution in [0.4, 0.5) is 13.2 Å². The quantitative estimate of drug-likeness (QED) is 0.758. The van der Waals surface area contributed by atoms with Gasteiger partial charge in [-0.25, -0.2) is 4.98 Å². The summed E-state index contributed by atoms with van der Waals surface area (Å²) in [5.74, 6) is 0. The van der Waals surface area contributed by atoms with E-state index in [9.17, 15) is 18.0 Å². The predicted octanol–water partition coefficient (Wildman–Crippen LogP) is 2.93. The molecule has 0 atom stereocenters. The Morgan fingerprint density at radius 2 is 2.06 bits per heavy atom. The lowest BCUT2D eigenvalue weighted by Gasteiger charge is -2.02. The molecule has 0 radical (unpaired) electrons. The second kappa shape index (κ2) is 3.58. The summed E-state index contributed by atoms with van der Waals surface area (Å²) in [5.41, 5.74) is -1.58. The molecule has 0 fully saturated rings. The molecule has 0 aliphatic rings. The maximum atomic E-state index is 12.5. The number of halogens is 4. The van der Waals surface area contributed by atoms with Crippen LogP contribution in [0.2, 0.25) is 0 Å². The first-order valence-corrected chi connectivity index (χ1v) is 4.93. The molecule has 0 saturated heterocycles. The monoisotopic (exact) mass is 292 g/mol. The SMILES string of the molecule is O=Cc1c(C(F)(F)F)nc2ccc(Br)cn12. The Morgan fingerprint density at radius 3 is 2.62 bits per heavy atom. The molecule has 7 heteroatoms. The third-order valence-electron chi connectivity index (χ3n) is 2.00. The minimum atomic E-state index is -4.63. The van der Waals surface area contributed by atoms with Crippen LogP contribution in [0.3, 0.4) is 0 Å². The molecule has 84 valence electrons. The molecule has 0 aliphatic carbocycles. The number of rotatable bonds is 1. The van der Waals surface area contributed by atoms with E-state index in [2.05, 4.69) is 20.9 Å². The molecule has 2 heterocycles. The van der Waals surface area contributed by atoms with Gasteiger partial charge in [0.2, 0.25) is 0 Å². The van der Waals surface area contributed by atoms with Crippen LogP contribution in [0, 0.1) is 0 Å². The van der Waals surface area contributed by atoms with Crippen LogP contribution < -0.4 is 0 Å². The summed E-state index contributed by atoms with van der Waals surface area (Å²) < 4.78 is 39.2. The standard InChI is InChI=1S/C9H4BrF3N2O/c10-5-1-2-7-14-8(9(11,12)13)6(4-16)15(7)3-5/h1-4H. The summed E-state index contributed by atoms with van der Waals surface area (Å²) in [6.45, 7) is 0. The first-order chi connectivity index (χ1) is 7.43. The number of imidazole rings is 1. The third kappa shape index (κ3) is 1.71. The highest BCUT2D eigenvalue weighted by atomic mass is 79.9. The minimum absolute atomic E-state index is 0.0811. The van der Waals surface area contributed by atoms with E-state index >= 15 is 0 Å². The van der Waals surface area contributed by atoms with Crippen molar-refractivity contribution in [1.29, 1.82) is 0 Å². The normalized spacial score (nSPS) is 12.0. The lowest BCUT2D eigenvalue weighted by Crippen LogP contribution is -2.09. The van der Waals surface area contributed by atoms with Crippen molar-refractivity contribution in [2.75, 3.05) is 0 Å². The topological polar surface area (TPSA) is 34.4 Å². The van der Waals surface area contributed by atoms with E-state index < -0.39 is 17.6 Å². The summed E-state index contributed by atoms with van der Waals surface area (Å²) in [5, 5.41) is 0. The Morgan fingerprint density at radius 1 is 1.38 bits per heavy atom. The second-order valence-electron chi connectivity index (χ2n) is 3.04. The summed E-state index contributed by atoms with van der Waals surface area (Å²) in [6.07, 6.45) is -3.12. The van der Waals surface area contributed by atoms with Crippen molar-refractivity contribution < 1.29 is 18.0 Å². The maximum Gasteiger partial charge on any atom is 0.435 e. The summed E-state index contributed by atoms with van der Waals surface area (Å²) in [4.78, 5) is 14.1. The smallest absolute Gasteiger partial charge is 0.296 e. The van der Waals surface area contributed by atoms with Crippen LogP contribution >= 0.6 is 15.9 Å². The van der Waals surface area contributed by atoms with Gasteiger partial charge in [-0.05, 0) is 28.1 Å². The lowest BCUT2D eigenvalue weighted by molar-refractivity contribution is -0.141. The molecule has 0 N–H and O–H groups in total. The molecule has 2 aromatic rings. The van der Waals surface area contributed by atoms with Gasteiger partial charge in [0.05, 0.1) is 0 Å². The van der Waals surface area contributed by atoms with Gasteiger partial charge in [0.1, 0.15) is 11.3 Å². The summed E-state index contributed by atoms with van der Waals surface area (Å²) in [7, 11) is 0. The number of alkyl halides is 3. The first kappa shape index (κ1) is 11.1. The number of nitrogens with zero attached hydrogens (tertiary/aromatic N) is 2. The molecule has 16 heavy (non-hydrogen) atoms. The van der Waals surface area contributed by atoms with Crippen molar-refractivity contribution in [2.45, 2.75) is 6.18 Å².